The van der Waals surface area contributed by atoms with Gasteiger partial charge in [0.1, 0.15) is 0 Å². The lowest BCUT2D eigenvalue weighted by atomic mass is 10.5. The average molecular weight is 157 g/mol. The third-order valence-electron chi connectivity index (χ3n) is 1.01. The number of ketones is 1. The molecule has 0 radical (unpaired) electrons. The van der Waals surface area contributed by atoms with E-state index >= 15 is 0 Å². The second-order valence-electron chi connectivity index (χ2n) is 1.99. The Bertz CT molecular complexity index is 286. The Labute approximate surface area is 62.1 Å². The molecule has 1 aromatic rings. The van der Waals surface area contributed by atoms with Gasteiger partial charge in [-0.25, -0.2) is 0 Å². The fourth-order valence-corrected chi connectivity index (χ4v) is 1.36. The van der Waals surface area contributed by atoms with Gasteiger partial charge in [-0.3, -0.25) is 13.5 Å². The summed E-state index contributed by atoms with van der Waals surface area (Å²) in [4.78, 5) is 21.3. The summed E-state index contributed by atoms with van der Waals surface area (Å²) in [6, 6.07) is 1.45. The van der Waals surface area contributed by atoms with E-state index in [9.17, 15) is 9.59 Å². The van der Waals surface area contributed by atoms with Crippen molar-refractivity contribution in [3.05, 3.63) is 21.8 Å². The fourth-order valence-electron chi connectivity index (χ4n) is 0.615. The maximum atomic E-state index is 10.8. The molecule has 0 atom stereocenters. The van der Waals surface area contributed by atoms with Crippen molar-refractivity contribution in [2.45, 2.75) is 13.5 Å². The summed E-state index contributed by atoms with van der Waals surface area (Å²) in [5.41, 5.74) is -0.0970. The van der Waals surface area contributed by atoms with Crippen LogP contribution in [-0.4, -0.2) is 9.74 Å². The third-order valence-corrected chi connectivity index (χ3v) is 1.83. The Kier molecular flexibility index (Phi) is 2.01. The molecule has 0 saturated heterocycles. The van der Waals surface area contributed by atoms with Crippen LogP contribution >= 0.6 is 11.5 Å². The Morgan fingerprint density at radius 3 is 2.90 bits per heavy atom. The molecule has 4 heteroatoms. The van der Waals surface area contributed by atoms with E-state index < -0.39 is 0 Å². The van der Waals surface area contributed by atoms with Crippen molar-refractivity contribution in [2.75, 3.05) is 0 Å². The summed E-state index contributed by atoms with van der Waals surface area (Å²) in [6.07, 6.45) is 0. The summed E-state index contributed by atoms with van der Waals surface area (Å²) in [6.45, 7) is 1.67. The second-order valence-corrected chi connectivity index (χ2v) is 2.91. The van der Waals surface area contributed by atoms with Gasteiger partial charge in [-0.1, -0.05) is 11.5 Å². The van der Waals surface area contributed by atoms with E-state index in [-0.39, 0.29) is 17.9 Å². The van der Waals surface area contributed by atoms with Gasteiger partial charge in [0.15, 0.2) is 5.78 Å². The van der Waals surface area contributed by atoms with Crippen LogP contribution in [-0.2, 0) is 11.3 Å². The van der Waals surface area contributed by atoms with Crippen molar-refractivity contribution in [2.24, 2.45) is 0 Å². The molecule has 0 aromatic carbocycles. The normalized spacial score (nSPS) is 9.70. The van der Waals surface area contributed by atoms with Gasteiger partial charge < -0.3 is 0 Å². The first kappa shape index (κ1) is 7.21. The van der Waals surface area contributed by atoms with E-state index in [1.54, 1.807) is 5.38 Å². The molecular weight excluding hydrogens is 150 g/mol. The number of nitrogens with zero attached hydrogens (tertiary/aromatic N) is 1. The predicted molar refractivity (Wildman–Crippen MR) is 39.3 cm³/mol. The van der Waals surface area contributed by atoms with E-state index in [2.05, 4.69) is 0 Å². The molecule has 0 saturated carbocycles. The molecule has 0 aliphatic carbocycles. The smallest absolute Gasteiger partial charge is 0.260 e. The van der Waals surface area contributed by atoms with Crippen molar-refractivity contribution in [3.8, 4) is 0 Å². The molecule has 0 bridgehead atoms. The van der Waals surface area contributed by atoms with Gasteiger partial charge in [0.25, 0.3) is 5.56 Å². The zero-order valence-corrected chi connectivity index (χ0v) is 6.35. The first-order valence-corrected chi connectivity index (χ1v) is 3.68. The number of hydrogen-bond acceptors (Lipinski definition) is 3. The number of rotatable bonds is 2. The van der Waals surface area contributed by atoms with Crippen LogP contribution in [0.5, 0.6) is 0 Å². The van der Waals surface area contributed by atoms with Crippen LogP contribution < -0.4 is 5.56 Å². The Morgan fingerprint density at radius 1 is 1.80 bits per heavy atom. The monoisotopic (exact) mass is 157 g/mol. The van der Waals surface area contributed by atoms with Crippen LogP contribution in [0.4, 0.5) is 0 Å². The fraction of sp³-hybridized carbons (Fsp3) is 0.333. The van der Waals surface area contributed by atoms with Crippen molar-refractivity contribution in [1.82, 2.24) is 3.96 Å². The predicted octanol–water partition coefficient (Wildman–Crippen LogP) is 0.499. The maximum Gasteiger partial charge on any atom is 0.260 e. The number of Topliss-reactive ketones (excluding diaryl/α,β-unsaturated/α-hetero) is 1. The Morgan fingerprint density at radius 2 is 2.50 bits per heavy atom. The van der Waals surface area contributed by atoms with Crippen molar-refractivity contribution < 1.29 is 4.79 Å². The van der Waals surface area contributed by atoms with Crippen LogP contribution in [0.3, 0.4) is 0 Å². The first-order chi connectivity index (χ1) is 4.70. The summed E-state index contributed by atoms with van der Waals surface area (Å²) >= 11 is 1.26. The molecule has 3 nitrogen and oxygen atoms in total. The zero-order valence-electron chi connectivity index (χ0n) is 5.53. The molecule has 0 N–H and O–H groups in total. The van der Waals surface area contributed by atoms with E-state index in [0.29, 0.717) is 0 Å². The average Bonchev–Trinajstić information content (AvgIpc) is 2.15. The third kappa shape index (κ3) is 1.54. The summed E-state index contributed by atoms with van der Waals surface area (Å²) in [5, 5.41) is 1.67. The quantitative estimate of drug-likeness (QED) is 0.627. The number of aromatic nitrogens is 1. The molecule has 0 unspecified atom stereocenters. The molecule has 54 valence electrons. The highest BCUT2D eigenvalue weighted by Crippen LogP contribution is 1.91. The standard InChI is InChI=1S/C6H7NO2S/c1-5(8)4-7-6(9)2-3-10-7/h2-3H,4H2,1H3. The number of hydrogen-bond donors (Lipinski definition) is 0. The van der Waals surface area contributed by atoms with Crippen LogP contribution in [0.15, 0.2) is 16.2 Å². The molecule has 10 heavy (non-hydrogen) atoms. The van der Waals surface area contributed by atoms with E-state index in [4.69, 9.17) is 0 Å². The minimum absolute atomic E-state index is 0.00421. The van der Waals surface area contributed by atoms with Gasteiger partial charge in [-0.2, -0.15) is 0 Å². The van der Waals surface area contributed by atoms with Crippen molar-refractivity contribution in [3.63, 3.8) is 0 Å². The minimum Gasteiger partial charge on any atom is -0.298 e. The van der Waals surface area contributed by atoms with Gasteiger partial charge in [0.05, 0.1) is 6.54 Å². The summed E-state index contributed by atoms with van der Waals surface area (Å²) in [7, 11) is 0. The molecule has 0 fully saturated rings. The lowest BCUT2D eigenvalue weighted by Crippen LogP contribution is -2.15. The van der Waals surface area contributed by atoms with Crippen LogP contribution in [0, 0.1) is 0 Å². The number of carbonyl (C=O) groups is 1. The topological polar surface area (TPSA) is 39.1 Å². The van der Waals surface area contributed by atoms with Gasteiger partial charge in [0, 0.05) is 11.4 Å². The van der Waals surface area contributed by atoms with E-state index in [1.165, 1.54) is 28.5 Å². The SMILES string of the molecule is CC(=O)Cn1sccc1=O. The molecule has 1 rings (SSSR count). The lowest BCUT2D eigenvalue weighted by molar-refractivity contribution is -0.117. The summed E-state index contributed by atoms with van der Waals surface area (Å²) < 4.78 is 1.42. The number of carbonyl (C=O) groups excluding carboxylic acids is 1. The maximum absolute atomic E-state index is 10.8. The van der Waals surface area contributed by atoms with E-state index in [0.717, 1.165) is 0 Å². The Hall–Kier alpha value is -0.900. The van der Waals surface area contributed by atoms with Crippen LogP contribution in [0.2, 0.25) is 0 Å². The highest BCUT2D eigenvalue weighted by atomic mass is 32.1. The zero-order chi connectivity index (χ0) is 7.56. The van der Waals surface area contributed by atoms with Crippen LogP contribution in [0.1, 0.15) is 6.92 Å². The first-order valence-electron chi connectivity index (χ1n) is 2.84. The van der Waals surface area contributed by atoms with Gasteiger partial charge in [0.2, 0.25) is 0 Å². The lowest BCUT2D eigenvalue weighted by Gasteiger charge is -1.91. The molecule has 0 aliphatic rings. The molecule has 1 aromatic heterocycles. The molecule has 0 spiro atoms. The second kappa shape index (κ2) is 2.79. The minimum atomic E-state index is -0.0970. The Balaban J connectivity index is 2.85. The largest absolute Gasteiger partial charge is 0.298 e. The van der Waals surface area contributed by atoms with E-state index in [1.807, 2.05) is 0 Å². The highest BCUT2D eigenvalue weighted by Gasteiger charge is 1.98. The van der Waals surface area contributed by atoms with Gasteiger partial charge in [-0.05, 0) is 6.92 Å². The summed E-state index contributed by atoms with van der Waals surface area (Å²) in [5.74, 6) is 0.00421. The van der Waals surface area contributed by atoms with Crippen LogP contribution in [0.25, 0.3) is 0 Å². The molecule has 0 aliphatic heterocycles. The molecule has 0 amide bonds. The van der Waals surface area contributed by atoms with Crippen molar-refractivity contribution >= 4 is 17.3 Å². The van der Waals surface area contributed by atoms with Crippen molar-refractivity contribution in [1.29, 1.82) is 0 Å². The highest BCUT2D eigenvalue weighted by molar-refractivity contribution is 7.04. The molecular formula is C6H7NO2S. The van der Waals surface area contributed by atoms with Gasteiger partial charge >= 0.3 is 0 Å². The van der Waals surface area contributed by atoms with Gasteiger partial charge in [-0.15, -0.1) is 0 Å². The molecule has 1 heterocycles.